The van der Waals surface area contributed by atoms with Crippen LogP contribution in [0.1, 0.15) is 45.4 Å². The van der Waals surface area contributed by atoms with Gasteiger partial charge in [-0.05, 0) is 38.5 Å². The first-order valence-corrected chi connectivity index (χ1v) is 7.52. The van der Waals surface area contributed by atoms with E-state index < -0.39 is 0 Å². The van der Waals surface area contributed by atoms with Gasteiger partial charge in [0, 0.05) is 13.5 Å². The zero-order valence-corrected chi connectivity index (χ0v) is 12.7. The molecule has 1 heterocycles. The normalized spacial score (nSPS) is 32.1. The fourth-order valence-electron chi connectivity index (χ4n) is 2.96. The van der Waals surface area contributed by atoms with Gasteiger partial charge >= 0.3 is 5.97 Å². The van der Waals surface area contributed by atoms with Gasteiger partial charge in [0.15, 0.2) is 0 Å². The maximum absolute atomic E-state index is 11.7. The van der Waals surface area contributed by atoms with Gasteiger partial charge in [-0.3, -0.25) is 4.79 Å². The summed E-state index contributed by atoms with van der Waals surface area (Å²) in [6.45, 7) is 7.08. The van der Waals surface area contributed by atoms with E-state index in [0.29, 0.717) is 38.1 Å². The minimum absolute atomic E-state index is 0.122. The monoisotopic (exact) mass is 282 g/mol. The van der Waals surface area contributed by atoms with Crippen LogP contribution >= 0.6 is 0 Å². The summed E-state index contributed by atoms with van der Waals surface area (Å²) in [6, 6.07) is 0. The Hall–Kier alpha value is -0.870. The first-order chi connectivity index (χ1) is 9.53. The molecule has 0 aromatic heterocycles. The number of hydrogen-bond donors (Lipinski definition) is 0. The van der Waals surface area contributed by atoms with Gasteiger partial charge in [0.2, 0.25) is 0 Å². The van der Waals surface area contributed by atoms with Gasteiger partial charge in [0.05, 0.1) is 24.9 Å². The van der Waals surface area contributed by atoms with Crippen LogP contribution in [0.5, 0.6) is 0 Å². The molecule has 114 valence electrons. The highest BCUT2D eigenvalue weighted by molar-refractivity contribution is 5.69. The third-order valence-electron chi connectivity index (χ3n) is 4.38. The van der Waals surface area contributed by atoms with Crippen LogP contribution in [-0.2, 0) is 19.0 Å². The predicted octanol–water partition coefficient (Wildman–Crippen LogP) is 2.86. The van der Waals surface area contributed by atoms with E-state index >= 15 is 0 Å². The van der Waals surface area contributed by atoms with Crippen molar-refractivity contribution in [1.82, 2.24) is 0 Å². The van der Waals surface area contributed by atoms with E-state index in [-0.39, 0.29) is 11.6 Å². The molecule has 0 amide bonds. The van der Waals surface area contributed by atoms with Gasteiger partial charge in [-0.15, -0.1) is 0 Å². The Kier molecular flexibility index (Phi) is 5.22. The molecule has 20 heavy (non-hydrogen) atoms. The zero-order valence-electron chi connectivity index (χ0n) is 12.7. The Bertz CT molecular complexity index is 365. The second kappa shape index (κ2) is 6.72. The van der Waals surface area contributed by atoms with Crippen LogP contribution < -0.4 is 0 Å². The standard InChI is InChI=1S/C16H26O4/c1-12(10-18-3)6-7-15(17)19-11-13-5-4-8-16(2)14(9-13)20-16/h13-14H,1,4-11H2,2-3H3. The summed E-state index contributed by atoms with van der Waals surface area (Å²) < 4.78 is 16.1. The Morgan fingerprint density at radius 2 is 2.25 bits per heavy atom. The van der Waals surface area contributed by atoms with E-state index in [1.165, 1.54) is 6.42 Å². The maximum Gasteiger partial charge on any atom is 0.306 e. The maximum atomic E-state index is 11.7. The van der Waals surface area contributed by atoms with Crippen molar-refractivity contribution < 1.29 is 19.0 Å². The number of ether oxygens (including phenoxy) is 3. The van der Waals surface area contributed by atoms with E-state index in [1.807, 2.05) is 0 Å². The summed E-state index contributed by atoms with van der Waals surface area (Å²) >= 11 is 0. The molecule has 1 aliphatic carbocycles. The molecule has 4 nitrogen and oxygen atoms in total. The van der Waals surface area contributed by atoms with Crippen molar-refractivity contribution in [3.05, 3.63) is 12.2 Å². The zero-order chi connectivity index (χ0) is 14.6. The molecule has 0 aromatic rings. The van der Waals surface area contributed by atoms with Crippen molar-refractivity contribution in [2.45, 2.75) is 57.2 Å². The van der Waals surface area contributed by atoms with E-state index in [4.69, 9.17) is 14.2 Å². The van der Waals surface area contributed by atoms with Crippen molar-refractivity contribution in [3.63, 3.8) is 0 Å². The lowest BCUT2D eigenvalue weighted by atomic mass is 10.00. The van der Waals surface area contributed by atoms with Gasteiger partial charge in [-0.2, -0.15) is 0 Å². The number of esters is 1. The summed E-state index contributed by atoms with van der Waals surface area (Å²) in [7, 11) is 1.63. The quantitative estimate of drug-likeness (QED) is 0.409. The van der Waals surface area contributed by atoms with Gasteiger partial charge in [0.1, 0.15) is 0 Å². The molecular weight excluding hydrogens is 256 g/mol. The Morgan fingerprint density at radius 3 is 3.00 bits per heavy atom. The number of rotatable bonds is 7. The third-order valence-corrected chi connectivity index (χ3v) is 4.38. The fourth-order valence-corrected chi connectivity index (χ4v) is 2.96. The molecule has 0 N–H and O–H groups in total. The summed E-state index contributed by atoms with van der Waals surface area (Å²) in [5, 5.41) is 0. The second-order valence-corrected chi connectivity index (χ2v) is 6.28. The summed E-state index contributed by atoms with van der Waals surface area (Å²) in [5.74, 6) is 0.321. The largest absolute Gasteiger partial charge is 0.465 e. The van der Waals surface area contributed by atoms with Crippen LogP contribution in [0.3, 0.4) is 0 Å². The van der Waals surface area contributed by atoms with Crippen molar-refractivity contribution in [2.24, 2.45) is 5.92 Å². The van der Waals surface area contributed by atoms with E-state index in [0.717, 1.165) is 24.8 Å². The van der Waals surface area contributed by atoms with Gasteiger partial charge in [0.25, 0.3) is 0 Å². The molecule has 1 saturated heterocycles. The first kappa shape index (κ1) is 15.5. The number of epoxide rings is 1. The first-order valence-electron chi connectivity index (χ1n) is 7.52. The van der Waals surface area contributed by atoms with E-state index in [2.05, 4.69) is 13.5 Å². The highest BCUT2D eigenvalue weighted by atomic mass is 16.6. The lowest BCUT2D eigenvalue weighted by Crippen LogP contribution is -2.16. The van der Waals surface area contributed by atoms with Crippen LogP contribution in [0.2, 0.25) is 0 Å². The predicted molar refractivity (Wildman–Crippen MR) is 76.4 cm³/mol. The number of methoxy groups -OCH3 is 1. The molecule has 2 aliphatic rings. The molecule has 0 radical (unpaired) electrons. The average molecular weight is 282 g/mol. The molecule has 4 heteroatoms. The van der Waals surface area contributed by atoms with Crippen LogP contribution in [0.15, 0.2) is 12.2 Å². The van der Waals surface area contributed by atoms with Crippen molar-refractivity contribution in [3.8, 4) is 0 Å². The molecule has 0 aromatic carbocycles. The number of carbonyl (C=O) groups excluding carboxylic acids is 1. The lowest BCUT2D eigenvalue weighted by Gasteiger charge is -2.14. The number of carbonyl (C=O) groups is 1. The minimum Gasteiger partial charge on any atom is -0.465 e. The van der Waals surface area contributed by atoms with Crippen LogP contribution in [0.25, 0.3) is 0 Å². The van der Waals surface area contributed by atoms with E-state index in [9.17, 15) is 4.79 Å². The van der Waals surface area contributed by atoms with E-state index in [1.54, 1.807) is 7.11 Å². The summed E-state index contributed by atoms with van der Waals surface area (Å²) in [5.41, 5.74) is 1.05. The molecule has 2 rings (SSSR count). The third kappa shape index (κ3) is 4.32. The molecule has 0 spiro atoms. The highest BCUT2D eigenvalue weighted by Gasteiger charge is 2.53. The Morgan fingerprint density at radius 1 is 1.45 bits per heavy atom. The molecule has 1 saturated carbocycles. The van der Waals surface area contributed by atoms with Gasteiger partial charge in [-0.25, -0.2) is 0 Å². The van der Waals surface area contributed by atoms with Gasteiger partial charge in [-0.1, -0.05) is 18.6 Å². The molecule has 3 atom stereocenters. The molecular formula is C16H26O4. The topological polar surface area (TPSA) is 48.1 Å². The lowest BCUT2D eigenvalue weighted by molar-refractivity contribution is -0.145. The van der Waals surface area contributed by atoms with Gasteiger partial charge < -0.3 is 14.2 Å². The van der Waals surface area contributed by atoms with Crippen LogP contribution in [0, 0.1) is 5.92 Å². The van der Waals surface area contributed by atoms with Crippen LogP contribution in [-0.4, -0.2) is 38.0 Å². The highest BCUT2D eigenvalue weighted by Crippen LogP contribution is 2.47. The second-order valence-electron chi connectivity index (χ2n) is 6.28. The Labute approximate surface area is 121 Å². The number of fused-ring (bicyclic) bond motifs is 1. The van der Waals surface area contributed by atoms with Crippen molar-refractivity contribution in [1.29, 1.82) is 0 Å². The number of hydrogen-bond acceptors (Lipinski definition) is 4. The van der Waals surface area contributed by atoms with Crippen LogP contribution in [0.4, 0.5) is 0 Å². The summed E-state index contributed by atoms with van der Waals surface area (Å²) in [6.07, 6.45) is 5.89. The molecule has 2 fully saturated rings. The molecule has 0 bridgehead atoms. The van der Waals surface area contributed by atoms with Crippen molar-refractivity contribution in [2.75, 3.05) is 20.3 Å². The Balaban J connectivity index is 1.62. The molecule has 1 aliphatic heterocycles. The van der Waals surface area contributed by atoms with Crippen molar-refractivity contribution >= 4 is 5.97 Å². The smallest absolute Gasteiger partial charge is 0.306 e. The summed E-state index contributed by atoms with van der Waals surface area (Å²) in [4.78, 5) is 11.7. The minimum atomic E-state index is -0.133. The fraction of sp³-hybridized carbons (Fsp3) is 0.812. The average Bonchev–Trinajstić information content (AvgIpc) is 3.05. The molecule has 3 unspecified atom stereocenters. The SMILES string of the molecule is C=C(CCC(=O)OCC1CCCC2(C)OC2C1)COC.